The highest BCUT2D eigenvalue weighted by Crippen LogP contribution is 2.45. The smallest absolute Gasteiger partial charge is 0.337 e. The van der Waals surface area contributed by atoms with Gasteiger partial charge in [-0.2, -0.15) is 0 Å². The van der Waals surface area contributed by atoms with Crippen molar-refractivity contribution in [3.8, 4) is 28.5 Å². The summed E-state index contributed by atoms with van der Waals surface area (Å²) in [7, 11) is 1.86. The van der Waals surface area contributed by atoms with Gasteiger partial charge in [-0.25, -0.2) is 14.2 Å². The average Bonchev–Trinajstić information content (AvgIpc) is 3.76. The summed E-state index contributed by atoms with van der Waals surface area (Å²) < 4.78 is 35.8. The van der Waals surface area contributed by atoms with E-state index in [9.17, 15) is 9.90 Å². The zero-order valence-corrected chi connectivity index (χ0v) is 27.3. The van der Waals surface area contributed by atoms with Gasteiger partial charge in [-0.3, -0.25) is 4.90 Å². The second-order valence-corrected chi connectivity index (χ2v) is 13.7. The van der Waals surface area contributed by atoms with E-state index in [4.69, 9.17) is 18.9 Å². The van der Waals surface area contributed by atoms with E-state index < -0.39 is 23.5 Å². The standard InChI is InChI=1S/C34H41FN6O5/c1-18-21-10-8-14-44-28(21)24(35)15-22(18)27-23-16-25(31-37-38-33(45-31)41-13-12-40-11-7-9-20(40)17-41)39(6)30(23)36-19(2)26(27)29(32(42)43)46-34(3,4)5/h15-16,20,29H,7-14,17H2,1-6H3,(H,42,43)/t20-,29+/m1/s1. The fraction of sp³-hybridized carbons (Fsp3) is 0.529. The quantitative estimate of drug-likeness (QED) is 0.288. The van der Waals surface area contributed by atoms with Gasteiger partial charge in [-0.05, 0) is 90.1 Å². The summed E-state index contributed by atoms with van der Waals surface area (Å²) in [5.41, 5.74) is 4.04. The van der Waals surface area contributed by atoms with Gasteiger partial charge in [-0.1, -0.05) is 5.10 Å². The van der Waals surface area contributed by atoms with Crippen LogP contribution in [-0.4, -0.2) is 80.2 Å². The number of nitrogens with zero attached hydrogens (tertiary/aromatic N) is 6. The minimum absolute atomic E-state index is 0.266. The van der Waals surface area contributed by atoms with E-state index in [1.54, 1.807) is 6.92 Å². The molecule has 3 aliphatic rings. The second-order valence-electron chi connectivity index (χ2n) is 13.7. The lowest BCUT2D eigenvalue weighted by molar-refractivity contribution is -0.160. The van der Waals surface area contributed by atoms with Crippen LogP contribution in [0.4, 0.5) is 10.4 Å². The number of halogens is 1. The summed E-state index contributed by atoms with van der Waals surface area (Å²) in [4.78, 5) is 22.4. The number of aryl methyl sites for hydroxylation is 2. The maximum absolute atomic E-state index is 15.7. The Morgan fingerprint density at radius 2 is 1.96 bits per heavy atom. The molecular weight excluding hydrogens is 591 g/mol. The number of pyridine rings is 1. The van der Waals surface area contributed by atoms with Gasteiger partial charge in [0.25, 0.3) is 5.89 Å². The third kappa shape index (κ3) is 5.21. The molecular formula is C34H41FN6O5. The number of benzene rings is 1. The number of ether oxygens (including phenoxy) is 2. The lowest BCUT2D eigenvalue weighted by Gasteiger charge is -2.36. The van der Waals surface area contributed by atoms with Gasteiger partial charge in [-0.15, -0.1) is 5.10 Å². The number of anilines is 1. The molecule has 3 aliphatic heterocycles. The summed E-state index contributed by atoms with van der Waals surface area (Å²) in [5.74, 6) is -1.04. The topological polar surface area (TPSA) is 119 Å². The second kappa shape index (κ2) is 11.3. The molecule has 1 aromatic carbocycles. The molecule has 0 aliphatic carbocycles. The predicted octanol–water partition coefficient (Wildman–Crippen LogP) is 5.60. The molecule has 2 atom stereocenters. The minimum atomic E-state index is -1.35. The van der Waals surface area contributed by atoms with E-state index >= 15 is 4.39 Å². The summed E-state index contributed by atoms with van der Waals surface area (Å²) in [6.45, 7) is 13.4. The van der Waals surface area contributed by atoms with Crippen molar-refractivity contribution in [3.63, 3.8) is 0 Å². The molecule has 0 radical (unpaired) electrons. The zero-order chi connectivity index (χ0) is 32.5. The zero-order valence-electron chi connectivity index (χ0n) is 27.3. The number of aromatic nitrogens is 4. The van der Waals surface area contributed by atoms with Gasteiger partial charge in [0.1, 0.15) is 11.3 Å². The number of fused-ring (bicyclic) bond motifs is 3. The van der Waals surface area contributed by atoms with Crippen molar-refractivity contribution < 1.29 is 28.2 Å². The predicted molar refractivity (Wildman–Crippen MR) is 171 cm³/mol. The van der Waals surface area contributed by atoms with Crippen molar-refractivity contribution in [1.29, 1.82) is 0 Å². The van der Waals surface area contributed by atoms with E-state index in [2.05, 4.69) is 20.0 Å². The maximum Gasteiger partial charge on any atom is 0.337 e. The van der Waals surface area contributed by atoms with Crippen molar-refractivity contribution in [3.05, 3.63) is 40.3 Å². The van der Waals surface area contributed by atoms with E-state index in [1.807, 2.05) is 45.4 Å². The molecule has 7 rings (SSSR count). The van der Waals surface area contributed by atoms with Gasteiger partial charge in [0.05, 0.1) is 12.2 Å². The molecule has 1 N–H and O–H groups in total. The monoisotopic (exact) mass is 632 g/mol. The van der Waals surface area contributed by atoms with Crippen molar-refractivity contribution in [2.45, 2.75) is 78.0 Å². The Labute approximate surface area is 267 Å². The van der Waals surface area contributed by atoms with Gasteiger partial charge in [0.15, 0.2) is 17.7 Å². The molecule has 0 amide bonds. The molecule has 0 saturated carbocycles. The molecule has 12 heteroatoms. The van der Waals surface area contributed by atoms with Crippen LogP contribution in [0, 0.1) is 19.7 Å². The normalized spacial score (nSPS) is 19.3. The molecule has 4 aromatic rings. The van der Waals surface area contributed by atoms with Gasteiger partial charge < -0.3 is 28.5 Å². The third-order valence-corrected chi connectivity index (χ3v) is 9.56. The first-order valence-corrected chi connectivity index (χ1v) is 16.1. The van der Waals surface area contributed by atoms with Crippen molar-refractivity contribution >= 4 is 23.0 Å². The van der Waals surface area contributed by atoms with Crippen LogP contribution in [-0.2, 0) is 23.0 Å². The molecule has 11 nitrogen and oxygen atoms in total. The van der Waals surface area contributed by atoms with Crippen LogP contribution in [0.2, 0.25) is 0 Å². The lowest BCUT2D eigenvalue weighted by Crippen LogP contribution is -2.50. The van der Waals surface area contributed by atoms with Crippen LogP contribution >= 0.6 is 0 Å². The first kappa shape index (κ1) is 30.6. The fourth-order valence-electron chi connectivity index (χ4n) is 7.39. The maximum atomic E-state index is 15.7. The number of carboxylic acid groups (broad SMARTS) is 1. The first-order valence-electron chi connectivity index (χ1n) is 16.1. The Kier molecular flexibility index (Phi) is 7.55. The number of aliphatic carboxylic acids is 1. The molecule has 2 saturated heterocycles. The molecule has 6 heterocycles. The van der Waals surface area contributed by atoms with Crippen LogP contribution in [0.3, 0.4) is 0 Å². The summed E-state index contributed by atoms with van der Waals surface area (Å²) in [5, 5.41) is 20.0. The Morgan fingerprint density at radius 1 is 1.15 bits per heavy atom. The van der Waals surface area contributed by atoms with Crippen molar-refractivity contribution in [2.75, 3.05) is 37.7 Å². The number of rotatable bonds is 6. The summed E-state index contributed by atoms with van der Waals surface area (Å²) in [6.07, 6.45) is 2.46. The number of piperazine rings is 1. The van der Waals surface area contributed by atoms with Crippen molar-refractivity contribution in [2.24, 2.45) is 7.05 Å². The van der Waals surface area contributed by atoms with E-state index in [0.29, 0.717) is 70.1 Å². The molecule has 3 aromatic heterocycles. The number of hydrogen-bond donors (Lipinski definition) is 1. The van der Waals surface area contributed by atoms with Crippen LogP contribution in [0.25, 0.3) is 33.7 Å². The fourth-order valence-corrected chi connectivity index (χ4v) is 7.39. The van der Waals surface area contributed by atoms with Gasteiger partial charge in [0.2, 0.25) is 0 Å². The average molecular weight is 633 g/mol. The Bertz CT molecular complexity index is 1840. The lowest BCUT2D eigenvalue weighted by atomic mass is 9.86. The highest BCUT2D eigenvalue weighted by molar-refractivity contribution is 6.01. The molecule has 0 unspecified atom stereocenters. The molecule has 0 spiro atoms. The Hall–Kier alpha value is -4.03. The summed E-state index contributed by atoms with van der Waals surface area (Å²) >= 11 is 0. The largest absolute Gasteiger partial charge is 0.490 e. The number of hydrogen-bond acceptors (Lipinski definition) is 9. The van der Waals surface area contributed by atoms with Gasteiger partial charge in [0, 0.05) is 60.5 Å². The molecule has 0 bridgehead atoms. The molecule has 2 fully saturated rings. The minimum Gasteiger partial charge on any atom is -0.490 e. The SMILES string of the molecule is Cc1nc2c(cc(-c3nnc(N4CCN5CCC[C@@H]5C4)o3)n2C)c(-c2cc(F)c3c(c2C)CCCO3)c1[C@H](OC(C)(C)C)C(=O)O. The highest BCUT2D eigenvalue weighted by Gasteiger charge is 2.36. The van der Waals surface area contributed by atoms with E-state index in [1.165, 1.54) is 18.9 Å². The van der Waals surface area contributed by atoms with Gasteiger partial charge >= 0.3 is 12.0 Å². The summed E-state index contributed by atoms with van der Waals surface area (Å²) in [6, 6.07) is 4.32. The number of carbonyl (C=O) groups is 1. The molecule has 46 heavy (non-hydrogen) atoms. The first-order chi connectivity index (χ1) is 21.9. The van der Waals surface area contributed by atoms with E-state index in [0.717, 1.165) is 43.7 Å². The van der Waals surface area contributed by atoms with Crippen molar-refractivity contribution in [1.82, 2.24) is 24.6 Å². The Balaban J connectivity index is 1.42. The highest BCUT2D eigenvalue weighted by atomic mass is 19.1. The van der Waals surface area contributed by atoms with Crippen LogP contribution < -0.4 is 9.64 Å². The van der Waals surface area contributed by atoms with Crippen LogP contribution in [0.5, 0.6) is 5.75 Å². The Morgan fingerprint density at radius 3 is 2.72 bits per heavy atom. The third-order valence-electron chi connectivity index (χ3n) is 9.56. The van der Waals surface area contributed by atoms with Crippen LogP contribution in [0.15, 0.2) is 16.5 Å². The molecule has 244 valence electrons. The number of carboxylic acids is 1. The van der Waals surface area contributed by atoms with Crippen LogP contribution in [0.1, 0.15) is 68.5 Å². The van der Waals surface area contributed by atoms with E-state index in [-0.39, 0.29) is 5.75 Å².